The minimum Gasteiger partial charge on any atom is -0.466 e. The van der Waals surface area contributed by atoms with Gasteiger partial charge in [-0.2, -0.15) is 0 Å². The summed E-state index contributed by atoms with van der Waals surface area (Å²) in [4.78, 5) is 38.6. The number of anilines is 1. The van der Waals surface area contributed by atoms with Gasteiger partial charge in [0, 0.05) is 23.5 Å². The van der Waals surface area contributed by atoms with Gasteiger partial charge in [-0.3, -0.25) is 10.1 Å². The fourth-order valence-electron chi connectivity index (χ4n) is 4.36. The fourth-order valence-corrected chi connectivity index (χ4v) is 4.36. The lowest BCUT2D eigenvalue weighted by Gasteiger charge is -2.37. The highest BCUT2D eigenvalue weighted by atomic mass is 16.7. The number of fused-ring (bicyclic) bond motifs is 1. The lowest BCUT2D eigenvalue weighted by Crippen LogP contribution is -2.35. The average molecular weight is 466 g/mol. The third-order valence-electron chi connectivity index (χ3n) is 5.87. The molecule has 0 saturated carbocycles. The maximum absolute atomic E-state index is 13.1. The molecule has 2 aromatic rings. The molecule has 0 aliphatic carbocycles. The number of rotatable bonds is 5. The summed E-state index contributed by atoms with van der Waals surface area (Å²) in [6.45, 7) is 3.46. The number of allylic oxidation sites excluding steroid dienone is 2. The summed E-state index contributed by atoms with van der Waals surface area (Å²) in [5.41, 5.74) is 2.19. The van der Waals surface area contributed by atoms with Gasteiger partial charge in [0.1, 0.15) is 0 Å². The molecule has 10 heteroatoms. The topological polar surface area (TPSA) is 117 Å². The SMILES string of the molecule is COC(=O)C1=C(C)N(c2cccc([N+](=O)[O-])c2)C(C)=C(C(=O)OC)C1c1ccc2c(c1)OCO2. The molecule has 0 saturated heterocycles. The van der Waals surface area contributed by atoms with E-state index >= 15 is 0 Å². The molecule has 0 radical (unpaired) electrons. The predicted molar refractivity (Wildman–Crippen MR) is 120 cm³/mol. The van der Waals surface area contributed by atoms with E-state index in [1.54, 1.807) is 43.0 Å². The monoisotopic (exact) mass is 466 g/mol. The van der Waals surface area contributed by atoms with Crippen LogP contribution in [0.4, 0.5) is 11.4 Å². The Bertz CT molecular complexity index is 1220. The smallest absolute Gasteiger partial charge is 0.336 e. The van der Waals surface area contributed by atoms with Gasteiger partial charge >= 0.3 is 11.9 Å². The van der Waals surface area contributed by atoms with Gasteiger partial charge in [-0.15, -0.1) is 0 Å². The van der Waals surface area contributed by atoms with Gasteiger partial charge < -0.3 is 23.8 Å². The van der Waals surface area contributed by atoms with E-state index in [-0.39, 0.29) is 23.6 Å². The van der Waals surface area contributed by atoms with Crippen LogP contribution in [0, 0.1) is 10.1 Å². The van der Waals surface area contributed by atoms with Crippen LogP contribution in [0.15, 0.2) is 65.0 Å². The Labute approximate surface area is 195 Å². The molecule has 2 aliphatic heterocycles. The van der Waals surface area contributed by atoms with Crippen LogP contribution in [0.1, 0.15) is 25.3 Å². The van der Waals surface area contributed by atoms with E-state index in [0.29, 0.717) is 34.1 Å². The third kappa shape index (κ3) is 3.72. The molecule has 2 aromatic carbocycles. The summed E-state index contributed by atoms with van der Waals surface area (Å²) >= 11 is 0. The van der Waals surface area contributed by atoms with Crippen molar-refractivity contribution in [2.45, 2.75) is 19.8 Å². The Morgan fingerprint density at radius 1 is 0.971 bits per heavy atom. The van der Waals surface area contributed by atoms with Crippen LogP contribution >= 0.6 is 0 Å². The summed E-state index contributed by atoms with van der Waals surface area (Å²) in [5.74, 6) is -1.08. The Hall–Kier alpha value is -4.34. The molecule has 2 heterocycles. The van der Waals surface area contributed by atoms with Crippen molar-refractivity contribution in [1.82, 2.24) is 0 Å². The molecule has 0 bridgehead atoms. The molecule has 0 N–H and O–H groups in total. The number of carbonyl (C=O) groups is 2. The Kier molecular flexibility index (Phi) is 5.97. The van der Waals surface area contributed by atoms with Crippen molar-refractivity contribution in [3.8, 4) is 11.5 Å². The molecular formula is C24H22N2O8. The van der Waals surface area contributed by atoms with E-state index in [4.69, 9.17) is 18.9 Å². The molecule has 0 atom stereocenters. The van der Waals surface area contributed by atoms with Crippen LogP contribution in [0.2, 0.25) is 0 Å². The summed E-state index contributed by atoms with van der Waals surface area (Å²) in [5, 5.41) is 11.4. The van der Waals surface area contributed by atoms with E-state index in [0.717, 1.165) is 0 Å². The van der Waals surface area contributed by atoms with E-state index in [9.17, 15) is 19.7 Å². The molecular weight excluding hydrogens is 444 g/mol. The maximum atomic E-state index is 13.1. The normalized spacial score (nSPS) is 15.5. The molecule has 2 aliphatic rings. The zero-order valence-corrected chi connectivity index (χ0v) is 19.0. The number of nitrogens with zero attached hydrogens (tertiary/aromatic N) is 2. The minimum absolute atomic E-state index is 0.0709. The summed E-state index contributed by atoms with van der Waals surface area (Å²) in [7, 11) is 2.50. The van der Waals surface area contributed by atoms with Crippen molar-refractivity contribution in [3.05, 3.63) is 80.7 Å². The first-order chi connectivity index (χ1) is 16.3. The Morgan fingerprint density at radius 2 is 1.59 bits per heavy atom. The molecule has 0 spiro atoms. The number of methoxy groups -OCH3 is 2. The first-order valence-electron chi connectivity index (χ1n) is 10.3. The molecule has 10 nitrogen and oxygen atoms in total. The number of benzene rings is 2. The van der Waals surface area contributed by atoms with E-state index in [1.807, 2.05) is 0 Å². The van der Waals surface area contributed by atoms with Crippen LogP contribution in [-0.2, 0) is 19.1 Å². The van der Waals surface area contributed by atoms with Crippen LogP contribution in [0.3, 0.4) is 0 Å². The van der Waals surface area contributed by atoms with E-state index in [2.05, 4.69) is 0 Å². The molecule has 0 aromatic heterocycles. The largest absolute Gasteiger partial charge is 0.466 e. The van der Waals surface area contributed by atoms with Crippen LogP contribution in [0.25, 0.3) is 0 Å². The van der Waals surface area contributed by atoms with Crippen molar-refractivity contribution in [2.75, 3.05) is 25.9 Å². The van der Waals surface area contributed by atoms with Crippen molar-refractivity contribution in [3.63, 3.8) is 0 Å². The highest BCUT2D eigenvalue weighted by Crippen LogP contribution is 2.46. The number of hydrogen-bond donors (Lipinski definition) is 0. The summed E-state index contributed by atoms with van der Waals surface area (Å²) in [6.07, 6.45) is 0. The van der Waals surface area contributed by atoms with Crippen LogP contribution < -0.4 is 14.4 Å². The second-order valence-electron chi connectivity index (χ2n) is 7.64. The summed E-state index contributed by atoms with van der Waals surface area (Å²) < 4.78 is 21.0. The lowest BCUT2D eigenvalue weighted by atomic mass is 9.79. The van der Waals surface area contributed by atoms with E-state index in [1.165, 1.54) is 32.4 Å². The lowest BCUT2D eigenvalue weighted by molar-refractivity contribution is -0.384. The number of nitro groups is 1. The van der Waals surface area contributed by atoms with Crippen LogP contribution in [-0.4, -0.2) is 37.9 Å². The number of non-ortho nitro benzene ring substituents is 1. The van der Waals surface area contributed by atoms with Crippen molar-refractivity contribution >= 4 is 23.3 Å². The van der Waals surface area contributed by atoms with Gasteiger partial charge in [0.2, 0.25) is 6.79 Å². The number of nitro benzene ring substituents is 1. The third-order valence-corrected chi connectivity index (χ3v) is 5.87. The minimum atomic E-state index is -0.829. The maximum Gasteiger partial charge on any atom is 0.336 e. The zero-order chi connectivity index (χ0) is 24.6. The fraction of sp³-hybridized carbons (Fsp3) is 0.250. The quantitative estimate of drug-likeness (QED) is 0.368. The first kappa shape index (κ1) is 22.8. The molecule has 176 valence electrons. The highest BCUT2D eigenvalue weighted by Gasteiger charge is 2.41. The van der Waals surface area contributed by atoms with Crippen LogP contribution in [0.5, 0.6) is 11.5 Å². The van der Waals surface area contributed by atoms with Gasteiger partial charge in [-0.05, 0) is 37.6 Å². The van der Waals surface area contributed by atoms with Crippen molar-refractivity contribution in [1.29, 1.82) is 0 Å². The van der Waals surface area contributed by atoms with Gasteiger partial charge in [-0.25, -0.2) is 9.59 Å². The Morgan fingerprint density at radius 3 is 2.18 bits per heavy atom. The predicted octanol–water partition coefficient (Wildman–Crippen LogP) is 3.82. The van der Waals surface area contributed by atoms with Gasteiger partial charge in [0.15, 0.2) is 11.5 Å². The Balaban J connectivity index is 1.98. The highest BCUT2D eigenvalue weighted by molar-refractivity contribution is 6.01. The van der Waals surface area contributed by atoms with E-state index < -0.39 is 22.8 Å². The first-order valence-corrected chi connectivity index (χ1v) is 10.3. The molecule has 4 rings (SSSR count). The summed E-state index contributed by atoms with van der Waals surface area (Å²) in [6, 6.07) is 11.1. The number of hydrogen-bond acceptors (Lipinski definition) is 9. The van der Waals surface area contributed by atoms with Crippen molar-refractivity contribution in [2.24, 2.45) is 0 Å². The molecule has 0 amide bonds. The number of ether oxygens (including phenoxy) is 4. The number of carbonyl (C=O) groups excluding carboxylic acids is 2. The number of esters is 2. The average Bonchev–Trinajstić information content (AvgIpc) is 3.31. The second kappa shape index (κ2) is 8.89. The molecule has 0 unspecified atom stereocenters. The van der Waals surface area contributed by atoms with Gasteiger partial charge in [-0.1, -0.05) is 12.1 Å². The van der Waals surface area contributed by atoms with Crippen molar-refractivity contribution < 1.29 is 33.5 Å². The standard InChI is InChI=1S/C24H22N2O8/c1-13-20(23(27)31-3)22(15-8-9-18-19(10-15)34-12-33-18)21(24(28)32-4)14(2)25(13)16-6-5-7-17(11-16)26(29)30/h5-11,22H,12H2,1-4H3. The van der Waals surface area contributed by atoms with Gasteiger partial charge in [0.25, 0.3) is 5.69 Å². The second-order valence-corrected chi connectivity index (χ2v) is 7.64. The molecule has 0 fully saturated rings. The zero-order valence-electron chi connectivity index (χ0n) is 19.0. The van der Waals surface area contributed by atoms with Gasteiger partial charge in [0.05, 0.1) is 41.9 Å². The molecule has 34 heavy (non-hydrogen) atoms.